The molecule has 344 valence electrons. The summed E-state index contributed by atoms with van der Waals surface area (Å²) < 4.78 is 4.69. The third-order valence-corrected chi connectivity index (χ3v) is 15.9. The first-order chi connectivity index (χ1) is 29.8. The van der Waals surface area contributed by atoms with Gasteiger partial charge in [-0.25, -0.2) is 4.63 Å². The zero-order chi connectivity index (χ0) is 44.3. The van der Waals surface area contributed by atoms with Gasteiger partial charge in [-0.05, 0) is 114 Å². The molecule has 1 aromatic heterocycles. The Morgan fingerprint density at radius 1 is 0.823 bits per heavy atom. The number of rotatable bonds is 24. The summed E-state index contributed by atoms with van der Waals surface area (Å²) in [6.45, 7) is 15.4. The van der Waals surface area contributed by atoms with Crippen molar-refractivity contribution in [3.63, 3.8) is 0 Å². The Morgan fingerprint density at radius 3 is 2.29 bits per heavy atom. The summed E-state index contributed by atoms with van der Waals surface area (Å²) >= 11 is 0. The molecule has 0 saturated heterocycles. The van der Waals surface area contributed by atoms with Crippen LogP contribution in [-0.2, 0) is 14.4 Å². The number of fused-ring (bicyclic) bond motifs is 6. The molecular weight excluding hydrogens is 785 g/mol. The number of aromatic nitrogens is 2. The van der Waals surface area contributed by atoms with Crippen LogP contribution in [0.3, 0.4) is 0 Å². The number of unbranched alkanes of at least 4 members (excludes halogenated alkanes) is 2. The average molecular weight is 862 g/mol. The molecule has 4 aliphatic rings. The first-order valence-electron chi connectivity index (χ1n) is 24.3. The minimum atomic E-state index is -0.525. The molecule has 0 aliphatic heterocycles. The lowest BCUT2D eigenvalue weighted by Crippen LogP contribution is -2.90. The Bertz CT molecular complexity index is 1860. The molecule has 6 rings (SSSR count). The number of benzene rings is 1. The highest BCUT2D eigenvalue weighted by Gasteiger charge is 2.59. The predicted molar refractivity (Wildman–Crippen MR) is 242 cm³/mol. The summed E-state index contributed by atoms with van der Waals surface area (Å²) in [5.74, 6) is 4.85. The van der Waals surface area contributed by atoms with Gasteiger partial charge in [0.1, 0.15) is 0 Å². The van der Waals surface area contributed by atoms with Gasteiger partial charge in [-0.15, -0.1) is 0 Å². The van der Waals surface area contributed by atoms with E-state index in [4.69, 9.17) is 0 Å². The standard InChI is InChI=1S/C48H76N8O6/c1-32(2)11-9-12-33(3)37-16-17-38-36-15-14-34-31-35(20-24-47(34,4)39(36)21-25-48(37,38)5)49-27-10-28-51-43(58)22-30-53-44(59)23-29-52-42(57)13-7-6-8-26-50-40-18-19-41(56(60)61)46-45(40)54-62-55-46/h14,18-19,32-33,35-39,49-50H,6-13,15-17,20-31H2,1-5H3,(H,51,58)(H,52,57)(H,53,59)/p+1/t33-,35+,36+,37-,38+,39+,47+,48-/m1/s1. The molecule has 3 saturated carbocycles. The van der Waals surface area contributed by atoms with Crippen LogP contribution >= 0.6 is 0 Å². The van der Waals surface area contributed by atoms with Crippen molar-refractivity contribution in [1.29, 1.82) is 0 Å². The Morgan fingerprint density at radius 2 is 1.55 bits per heavy atom. The molecule has 6 N–H and O–H groups in total. The van der Waals surface area contributed by atoms with E-state index in [2.05, 4.69) is 82.2 Å². The summed E-state index contributed by atoms with van der Waals surface area (Å²) in [4.78, 5) is 47.6. The summed E-state index contributed by atoms with van der Waals surface area (Å²) in [7, 11) is 0. The van der Waals surface area contributed by atoms with Gasteiger partial charge in [0.2, 0.25) is 23.2 Å². The van der Waals surface area contributed by atoms with Crippen molar-refractivity contribution in [2.24, 2.45) is 46.3 Å². The van der Waals surface area contributed by atoms with Crippen molar-refractivity contribution in [2.45, 2.75) is 156 Å². The van der Waals surface area contributed by atoms with Crippen LogP contribution in [0, 0.1) is 56.5 Å². The van der Waals surface area contributed by atoms with Crippen molar-refractivity contribution in [2.75, 3.05) is 38.0 Å². The van der Waals surface area contributed by atoms with Gasteiger partial charge in [0.25, 0.3) is 0 Å². The Kier molecular flexibility index (Phi) is 16.8. The van der Waals surface area contributed by atoms with Crippen LogP contribution in [0.4, 0.5) is 11.4 Å². The first kappa shape index (κ1) is 47.4. The Labute approximate surface area is 369 Å². The number of hydrogen-bond acceptors (Lipinski definition) is 9. The summed E-state index contributed by atoms with van der Waals surface area (Å²) in [6, 6.07) is 3.58. The van der Waals surface area contributed by atoms with Crippen molar-refractivity contribution >= 4 is 40.1 Å². The number of nitro groups is 1. The molecule has 3 amide bonds. The SMILES string of the molecule is CC(C)CCC[C@@H](C)[C@H]1CC[C@H]2[C@@H]3CC=C4C[C@@H]([NH2+]CCCNC(=O)CCNC(=O)CCNC(=O)CCCCCNc5ccc([N+](=O)[O-])c6nonc56)CC[C@]4(C)[C@H]3CC[C@]12C. The molecule has 0 spiro atoms. The van der Waals surface area contributed by atoms with Crippen LogP contribution in [-0.4, -0.2) is 71.7 Å². The second-order valence-electron chi connectivity index (χ2n) is 20.3. The van der Waals surface area contributed by atoms with Crippen LogP contribution in [0.1, 0.15) is 150 Å². The number of nitrogens with two attached hydrogens (primary N) is 1. The zero-order valence-electron chi connectivity index (χ0n) is 38.4. The molecule has 0 bridgehead atoms. The molecule has 1 aromatic carbocycles. The normalized spacial score (nSPS) is 27.1. The van der Waals surface area contributed by atoms with Crippen LogP contribution in [0.25, 0.3) is 11.0 Å². The topological polar surface area (TPSA) is 198 Å². The van der Waals surface area contributed by atoms with E-state index in [1.54, 1.807) is 11.6 Å². The van der Waals surface area contributed by atoms with Crippen LogP contribution in [0.5, 0.6) is 0 Å². The lowest BCUT2D eigenvalue weighted by atomic mass is 9.47. The summed E-state index contributed by atoms with van der Waals surface area (Å²) in [6.07, 6.45) is 21.7. The van der Waals surface area contributed by atoms with Gasteiger partial charge >= 0.3 is 5.69 Å². The number of non-ortho nitro benzene ring substituents is 1. The molecule has 3 fully saturated rings. The maximum atomic E-state index is 12.4. The minimum absolute atomic E-state index is 0.0573. The highest BCUT2D eigenvalue weighted by Crippen LogP contribution is 2.67. The molecule has 62 heavy (non-hydrogen) atoms. The highest BCUT2D eigenvalue weighted by atomic mass is 16.6. The van der Waals surface area contributed by atoms with E-state index in [1.165, 1.54) is 76.7 Å². The number of carbonyl (C=O) groups is 3. The molecule has 14 nitrogen and oxygen atoms in total. The number of allylic oxidation sites excluding steroid dienone is 1. The molecule has 4 aliphatic carbocycles. The third kappa shape index (κ3) is 11.7. The van der Waals surface area contributed by atoms with Crippen molar-refractivity contribution in [3.05, 3.63) is 33.9 Å². The number of nitrogens with zero attached hydrogens (tertiary/aromatic N) is 3. The number of nitrogens with one attached hydrogen (secondary N) is 4. The average Bonchev–Trinajstić information content (AvgIpc) is 3.87. The van der Waals surface area contributed by atoms with Crippen LogP contribution in [0.15, 0.2) is 28.4 Å². The number of amides is 3. The summed E-state index contributed by atoms with van der Waals surface area (Å²) in [5, 5.41) is 32.9. The molecule has 2 aromatic rings. The monoisotopic (exact) mass is 862 g/mol. The van der Waals surface area contributed by atoms with Crippen LogP contribution < -0.4 is 26.6 Å². The van der Waals surface area contributed by atoms with E-state index in [9.17, 15) is 24.5 Å². The Hall–Kier alpha value is -4.07. The fourth-order valence-corrected chi connectivity index (χ4v) is 12.4. The molecule has 14 heteroatoms. The Balaban J connectivity index is 0.772. The lowest BCUT2D eigenvalue weighted by molar-refractivity contribution is -0.691. The van der Waals surface area contributed by atoms with E-state index in [0.717, 1.165) is 61.3 Å². The van der Waals surface area contributed by atoms with Gasteiger partial charge in [0.15, 0.2) is 5.52 Å². The number of carbonyl (C=O) groups excluding carboxylic acids is 3. The van der Waals surface area contributed by atoms with Crippen molar-refractivity contribution in [1.82, 2.24) is 26.3 Å². The molecule has 1 heterocycles. The fraction of sp³-hybridized carbons (Fsp3) is 0.771. The molecule has 8 atom stereocenters. The fourth-order valence-electron chi connectivity index (χ4n) is 12.4. The van der Waals surface area contributed by atoms with Gasteiger partial charge in [-0.3, -0.25) is 24.5 Å². The van der Waals surface area contributed by atoms with E-state index >= 15 is 0 Å². The third-order valence-electron chi connectivity index (χ3n) is 15.9. The molecule has 0 unspecified atom stereocenters. The highest BCUT2D eigenvalue weighted by molar-refractivity contribution is 5.93. The number of quaternary nitrogens is 1. The second kappa shape index (κ2) is 22.0. The van der Waals surface area contributed by atoms with Crippen LogP contribution in [0.2, 0.25) is 0 Å². The maximum Gasteiger partial charge on any atom is 0.300 e. The maximum absolute atomic E-state index is 12.4. The minimum Gasteiger partial charge on any atom is -0.383 e. The lowest BCUT2D eigenvalue weighted by Gasteiger charge is -2.58. The van der Waals surface area contributed by atoms with Gasteiger partial charge in [-0.2, -0.15) is 0 Å². The van der Waals surface area contributed by atoms with Gasteiger partial charge in [0.05, 0.1) is 23.2 Å². The van der Waals surface area contributed by atoms with Gasteiger partial charge < -0.3 is 26.6 Å². The first-order valence-corrected chi connectivity index (χ1v) is 24.3. The number of hydrogen-bond donors (Lipinski definition) is 5. The van der Waals surface area contributed by atoms with Gasteiger partial charge in [-0.1, -0.05) is 72.0 Å². The number of anilines is 1. The van der Waals surface area contributed by atoms with E-state index in [1.807, 2.05) is 0 Å². The molecule has 0 radical (unpaired) electrons. The largest absolute Gasteiger partial charge is 0.383 e. The van der Waals surface area contributed by atoms with E-state index in [-0.39, 0.29) is 54.9 Å². The van der Waals surface area contributed by atoms with E-state index < -0.39 is 4.92 Å². The van der Waals surface area contributed by atoms with Gasteiger partial charge in [0, 0.05) is 70.8 Å². The van der Waals surface area contributed by atoms with Crippen molar-refractivity contribution in [3.8, 4) is 0 Å². The zero-order valence-corrected chi connectivity index (χ0v) is 38.4. The summed E-state index contributed by atoms with van der Waals surface area (Å²) in [5.41, 5.74) is 3.51. The van der Waals surface area contributed by atoms with Crippen molar-refractivity contribution < 1.29 is 29.3 Å². The second-order valence-corrected chi connectivity index (χ2v) is 20.3. The quantitative estimate of drug-likeness (QED) is 0.0306. The number of nitro benzene ring substituents is 1. The van der Waals surface area contributed by atoms with E-state index in [0.29, 0.717) is 54.0 Å². The smallest absolute Gasteiger partial charge is 0.300 e. The molecular formula is C48H77N8O6+. The predicted octanol–water partition coefficient (Wildman–Crippen LogP) is 7.60.